The fourth-order valence-corrected chi connectivity index (χ4v) is 1.98. The van der Waals surface area contributed by atoms with Crippen LogP contribution >= 0.6 is 0 Å². The van der Waals surface area contributed by atoms with Gasteiger partial charge in [-0.3, -0.25) is 4.79 Å². The smallest absolute Gasteiger partial charge is 0.254 e. The summed E-state index contributed by atoms with van der Waals surface area (Å²) >= 11 is 0. The summed E-state index contributed by atoms with van der Waals surface area (Å²) < 4.78 is 5.40. The number of nitrogens with one attached hydrogen (secondary N) is 3. The monoisotopic (exact) mass is 274 g/mol. The van der Waals surface area contributed by atoms with E-state index < -0.39 is 6.10 Å². The molecule has 0 spiro atoms. The average molecular weight is 274 g/mol. The van der Waals surface area contributed by atoms with Crippen LogP contribution in [-0.2, 0) is 9.53 Å². The number of benzene rings is 1. The maximum absolute atomic E-state index is 12.0. The second kappa shape index (κ2) is 5.76. The van der Waals surface area contributed by atoms with Crippen molar-refractivity contribution in [3.8, 4) is 11.4 Å². The molecule has 1 fully saturated rings. The van der Waals surface area contributed by atoms with Crippen molar-refractivity contribution in [2.45, 2.75) is 6.10 Å². The molecule has 1 aromatic carbocycles. The first-order chi connectivity index (χ1) is 9.83. The lowest BCUT2D eigenvalue weighted by molar-refractivity contribution is -0.128. The van der Waals surface area contributed by atoms with Crippen molar-refractivity contribution in [2.75, 3.05) is 25.0 Å². The zero-order chi connectivity index (χ0) is 13.8. The van der Waals surface area contributed by atoms with Gasteiger partial charge >= 0.3 is 0 Å². The second-order valence-electron chi connectivity index (χ2n) is 4.37. The quantitative estimate of drug-likeness (QED) is 0.715. The molecule has 1 aromatic heterocycles. The Labute approximate surface area is 114 Å². The topological polar surface area (TPSA) is 105 Å². The Morgan fingerprint density at radius 2 is 2.40 bits per heavy atom. The molecule has 104 valence electrons. The first-order valence-corrected chi connectivity index (χ1v) is 6.30. The van der Waals surface area contributed by atoms with Crippen LogP contribution in [-0.4, -0.2) is 52.3 Å². The number of H-pyrrole nitrogens is 1. The molecule has 1 unspecified atom stereocenters. The third kappa shape index (κ3) is 2.81. The molecule has 1 aliphatic rings. The number of rotatable bonds is 3. The Kier molecular flexibility index (Phi) is 3.66. The van der Waals surface area contributed by atoms with Gasteiger partial charge in [0.25, 0.3) is 5.91 Å². The van der Waals surface area contributed by atoms with Crippen LogP contribution in [0.25, 0.3) is 11.4 Å². The molecule has 8 heteroatoms. The lowest BCUT2D eigenvalue weighted by atomic mass is 10.2. The van der Waals surface area contributed by atoms with Crippen LogP contribution in [0, 0.1) is 0 Å². The maximum atomic E-state index is 12.0. The lowest BCUT2D eigenvalue weighted by Gasteiger charge is -2.22. The van der Waals surface area contributed by atoms with Gasteiger partial charge in [0.1, 0.15) is 6.10 Å². The summed E-state index contributed by atoms with van der Waals surface area (Å²) in [7, 11) is 0. The number of hydrogen-bond acceptors (Lipinski definition) is 6. The highest BCUT2D eigenvalue weighted by Gasteiger charge is 2.21. The minimum absolute atomic E-state index is 0.164. The van der Waals surface area contributed by atoms with Gasteiger partial charge in [-0.15, -0.1) is 10.2 Å². The van der Waals surface area contributed by atoms with E-state index in [-0.39, 0.29) is 5.91 Å². The highest BCUT2D eigenvalue weighted by atomic mass is 16.5. The van der Waals surface area contributed by atoms with Crippen molar-refractivity contribution in [3.63, 3.8) is 0 Å². The van der Waals surface area contributed by atoms with E-state index in [4.69, 9.17) is 4.74 Å². The number of aromatic amines is 1. The molecular formula is C12H14N6O2. The number of carbonyl (C=O) groups is 1. The number of morpholine rings is 1. The molecule has 0 radical (unpaired) electrons. The Balaban J connectivity index is 1.71. The summed E-state index contributed by atoms with van der Waals surface area (Å²) in [5, 5.41) is 19.6. The SMILES string of the molecule is O=C(Nc1cccc(-c2nn[nH]n2)c1)C1CNCCO1. The van der Waals surface area contributed by atoms with E-state index in [1.54, 1.807) is 12.1 Å². The molecule has 3 N–H and O–H groups in total. The van der Waals surface area contributed by atoms with Crippen LogP contribution < -0.4 is 10.6 Å². The number of aromatic nitrogens is 4. The van der Waals surface area contributed by atoms with Gasteiger partial charge in [-0.25, -0.2) is 0 Å². The predicted octanol–water partition coefficient (Wildman–Crippen LogP) is -0.206. The first kappa shape index (κ1) is 12.7. The van der Waals surface area contributed by atoms with Gasteiger partial charge in [-0.2, -0.15) is 5.21 Å². The Hall–Kier alpha value is -2.32. The Morgan fingerprint density at radius 1 is 1.45 bits per heavy atom. The second-order valence-corrected chi connectivity index (χ2v) is 4.37. The molecule has 0 aliphatic carbocycles. The number of ether oxygens (including phenoxy) is 1. The first-order valence-electron chi connectivity index (χ1n) is 6.30. The molecule has 8 nitrogen and oxygen atoms in total. The van der Waals surface area contributed by atoms with Gasteiger partial charge in [0.2, 0.25) is 5.82 Å². The molecule has 1 atom stereocenters. The van der Waals surface area contributed by atoms with E-state index in [9.17, 15) is 4.79 Å². The predicted molar refractivity (Wildman–Crippen MR) is 70.9 cm³/mol. The summed E-state index contributed by atoms with van der Waals surface area (Å²) in [4.78, 5) is 12.0. The fourth-order valence-electron chi connectivity index (χ4n) is 1.98. The van der Waals surface area contributed by atoms with Crippen LogP contribution in [0.15, 0.2) is 24.3 Å². The molecule has 1 amide bonds. The minimum atomic E-state index is -0.461. The van der Waals surface area contributed by atoms with Gasteiger partial charge in [0, 0.05) is 24.3 Å². The number of hydrogen-bond donors (Lipinski definition) is 3. The van der Waals surface area contributed by atoms with E-state index in [1.165, 1.54) is 0 Å². The standard InChI is InChI=1S/C12H14N6O2/c19-12(10-7-13-4-5-20-10)14-9-3-1-2-8(6-9)11-15-17-18-16-11/h1-3,6,10,13H,4-5,7H2,(H,14,19)(H,15,16,17,18). The highest BCUT2D eigenvalue weighted by Crippen LogP contribution is 2.18. The molecule has 2 aromatic rings. The summed E-state index contributed by atoms with van der Waals surface area (Å²) in [6, 6.07) is 7.26. The molecule has 1 aliphatic heterocycles. The van der Waals surface area contributed by atoms with Gasteiger partial charge in [0.15, 0.2) is 0 Å². The van der Waals surface area contributed by atoms with E-state index in [0.717, 1.165) is 12.1 Å². The summed E-state index contributed by atoms with van der Waals surface area (Å²) in [6.45, 7) is 1.84. The van der Waals surface area contributed by atoms with E-state index in [0.29, 0.717) is 24.7 Å². The van der Waals surface area contributed by atoms with Crippen LogP contribution in [0.1, 0.15) is 0 Å². The molecule has 1 saturated heterocycles. The number of anilines is 1. The molecule has 20 heavy (non-hydrogen) atoms. The number of tetrazole rings is 1. The Morgan fingerprint density at radius 3 is 3.15 bits per heavy atom. The Bertz CT molecular complexity index is 579. The van der Waals surface area contributed by atoms with E-state index >= 15 is 0 Å². The van der Waals surface area contributed by atoms with Gasteiger partial charge in [0.05, 0.1) is 6.61 Å². The zero-order valence-electron chi connectivity index (χ0n) is 10.7. The normalized spacial score (nSPS) is 18.7. The van der Waals surface area contributed by atoms with Crippen molar-refractivity contribution in [2.24, 2.45) is 0 Å². The van der Waals surface area contributed by atoms with Gasteiger partial charge < -0.3 is 15.4 Å². The van der Waals surface area contributed by atoms with Crippen LogP contribution in [0.5, 0.6) is 0 Å². The van der Waals surface area contributed by atoms with Crippen LogP contribution in [0.3, 0.4) is 0 Å². The van der Waals surface area contributed by atoms with Gasteiger partial charge in [-0.05, 0) is 17.3 Å². The minimum Gasteiger partial charge on any atom is -0.366 e. The number of carbonyl (C=O) groups excluding carboxylic acids is 1. The largest absolute Gasteiger partial charge is 0.366 e. The molecule has 0 saturated carbocycles. The number of amides is 1. The average Bonchev–Trinajstić information content (AvgIpc) is 3.03. The van der Waals surface area contributed by atoms with Crippen LogP contribution in [0.2, 0.25) is 0 Å². The molecular weight excluding hydrogens is 260 g/mol. The van der Waals surface area contributed by atoms with E-state index in [1.807, 2.05) is 12.1 Å². The van der Waals surface area contributed by atoms with Crippen LogP contribution in [0.4, 0.5) is 5.69 Å². The molecule has 3 rings (SSSR count). The van der Waals surface area contributed by atoms with Crippen molar-refractivity contribution in [1.82, 2.24) is 25.9 Å². The van der Waals surface area contributed by atoms with Crippen molar-refractivity contribution in [3.05, 3.63) is 24.3 Å². The molecule has 0 bridgehead atoms. The fraction of sp³-hybridized carbons (Fsp3) is 0.333. The van der Waals surface area contributed by atoms with Gasteiger partial charge in [-0.1, -0.05) is 12.1 Å². The van der Waals surface area contributed by atoms with Crippen molar-refractivity contribution in [1.29, 1.82) is 0 Å². The lowest BCUT2D eigenvalue weighted by Crippen LogP contribution is -2.45. The third-order valence-electron chi connectivity index (χ3n) is 2.95. The third-order valence-corrected chi connectivity index (χ3v) is 2.95. The molecule has 2 heterocycles. The summed E-state index contributed by atoms with van der Waals surface area (Å²) in [5.41, 5.74) is 1.45. The zero-order valence-corrected chi connectivity index (χ0v) is 10.7. The highest BCUT2D eigenvalue weighted by molar-refractivity contribution is 5.94. The summed E-state index contributed by atoms with van der Waals surface area (Å²) in [6.07, 6.45) is -0.461. The van der Waals surface area contributed by atoms with Crippen molar-refractivity contribution < 1.29 is 9.53 Å². The maximum Gasteiger partial charge on any atom is 0.254 e. The van der Waals surface area contributed by atoms with E-state index in [2.05, 4.69) is 31.3 Å². The van der Waals surface area contributed by atoms with Crippen molar-refractivity contribution >= 4 is 11.6 Å². The summed E-state index contributed by atoms with van der Waals surface area (Å²) in [5.74, 6) is 0.319. The number of nitrogens with zero attached hydrogens (tertiary/aromatic N) is 3.